The van der Waals surface area contributed by atoms with Crippen molar-refractivity contribution in [3.05, 3.63) is 63.3 Å². The molecule has 0 amide bonds. The van der Waals surface area contributed by atoms with Gasteiger partial charge < -0.3 is 0 Å². The fraction of sp³-hybridized carbons (Fsp3) is 0.188. The Bertz CT molecular complexity index is 811. The molecule has 2 aromatic carbocycles. The Morgan fingerprint density at radius 1 is 1.14 bits per heavy atom. The highest BCUT2D eigenvalue weighted by atomic mass is 35.5. The van der Waals surface area contributed by atoms with Gasteiger partial charge in [-0.25, -0.2) is 4.39 Å². The standard InChI is InChI=1S/C16H13Cl2FN2/c1-10-14-5-2-11(8-19)6-16(14)21(20-10)9-12-3-4-13(17)7-15(12)18/h2-7H,8-9H2,1H3. The van der Waals surface area contributed by atoms with Gasteiger partial charge in [-0.15, -0.1) is 0 Å². The van der Waals surface area contributed by atoms with E-state index in [1.54, 1.807) is 18.2 Å². The Morgan fingerprint density at radius 3 is 2.67 bits per heavy atom. The van der Waals surface area contributed by atoms with Gasteiger partial charge in [0.05, 0.1) is 17.8 Å². The molecule has 0 spiro atoms. The maximum absolute atomic E-state index is 12.9. The van der Waals surface area contributed by atoms with E-state index in [1.165, 1.54) is 0 Å². The van der Waals surface area contributed by atoms with E-state index in [2.05, 4.69) is 5.10 Å². The van der Waals surface area contributed by atoms with Crippen LogP contribution in [0.4, 0.5) is 4.39 Å². The van der Waals surface area contributed by atoms with Crippen molar-refractivity contribution in [3.63, 3.8) is 0 Å². The van der Waals surface area contributed by atoms with Crippen LogP contribution >= 0.6 is 23.2 Å². The van der Waals surface area contributed by atoms with Crippen LogP contribution in [-0.2, 0) is 13.2 Å². The second-order valence-corrected chi connectivity index (χ2v) is 5.81. The Labute approximate surface area is 132 Å². The van der Waals surface area contributed by atoms with Crippen LogP contribution in [0.5, 0.6) is 0 Å². The topological polar surface area (TPSA) is 17.8 Å². The third-order valence-electron chi connectivity index (χ3n) is 3.49. The van der Waals surface area contributed by atoms with Crippen molar-refractivity contribution in [2.75, 3.05) is 0 Å². The first-order valence-electron chi connectivity index (χ1n) is 6.54. The molecule has 1 heterocycles. The van der Waals surface area contributed by atoms with Gasteiger partial charge >= 0.3 is 0 Å². The lowest BCUT2D eigenvalue weighted by atomic mass is 10.1. The molecule has 0 aliphatic carbocycles. The summed E-state index contributed by atoms with van der Waals surface area (Å²) in [4.78, 5) is 0. The van der Waals surface area contributed by atoms with E-state index >= 15 is 0 Å². The number of benzene rings is 2. The first-order valence-corrected chi connectivity index (χ1v) is 7.30. The monoisotopic (exact) mass is 322 g/mol. The lowest BCUT2D eigenvalue weighted by molar-refractivity contribution is 0.485. The number of hydrogen-bond acceptors (Lipinski definition) is 1. The second kappa shape index (κ2) is 5.66. The normalized spacial score (nSPS) is 11.2. The molecule has 0 saturated carbocycles. The number of fused-ring (bicyclic) bond motifs is 1. The van der Waals surface area contributed by atoms with Crippen molar-refractivity contribution in [2.45, 2.75) is 20.1 Å². The summed E-state index contributed by atoms with van der Waals surface area (Å²) in [6, 6.07) is 10.9. The van der Waals surface area contributed by atoms with Crippen LogP contribution in [0.1, 0.15) is 16.8 Å². The van der Waals surface area contributed by atoms with Crippen LogP contribution in [0.2, 0.25) is 10.0 Å². The predicted octanol–water partition coefficient (Wildman–Crippen LogP) is 5.17. The van der Waals surface area contributed by atoms with Crippen molar-refractivity contribution in [1.82, 2.24) is 9.78 Å². The van der Waals surface area contributed by atoms with E-state index in [0.29, 0.717) is 22.2 Å². The molecule has 21 heavy (non-hydrogen) atoms. The minimum absolute atomic E-state index is 0.484. The first kappa shape index (κ1) is 14.4. The molecule has 3 aromatic rings. The van der Waals surface area contributed by atoms with Gasteiger partial charge in [0, 0.05) is 15.4 Å². The van der Waals surface area contributed by atoms with Crippen LogP contribution in [0, 0.1) is 6.92 Å². The highest BCUT2D eigenvalue weighted by Gasteiger charge is 2.10. The van der Waals surface area contributed by atoms with Gasteiger partial charge in [0.25, 0.3) is 0 Å². The average Bonchev–Trinajstić information content (AvgIpc) is 2.78. The van der Waals surface area contributed by atoms with Gasteiger partial charge in [-0.05, 0) is 36.2 Å². The summed E-state index contributed by atoms with van der Waals surface area (Å²) in [7, 11) is 0. The fourth-order valence-corrected chi connectivity index (χ4v) is 2.87. The Balaban J connectivity index is 2.07. The Hall–Kier alpha value is -1.58. The first-order chi connectivity index (χ1) is 10.1. The van der Waals surface area contributed by atoms with Gasteiger partial charge in [0.15, 0.2) is 0 Å². The van der Waals surface area contributed by atoms with Gasteiger partial charge in [0.1, 0.15) is 6.67 Å². The fourth-order valence-electron chi connectivity index (χ4n) is 2.40. The summed E-state index contributed by atoms with van der Waals surface area (Å²) in [5.41, 5.74) is 3.40. The molecule has 2 nitrogen and oxygen atoms in total. The maximum atomic E-state index is 12.9. The van der Waals surface area contributed by atoms with E-state index in [9.17, 15) is 4.39 Å². The molecule has 0 N–H and O–H groups in total. The van der Waals surface area contributed by atoms with Crippen LogP contribution < -0.4 is 0 Å². The number of halogens is 3. The molecule has 0 bridgehead atoms. The number of hydrogen-bond donors (Lipinski definition) is 0. The summed E-state index contributed by atoms with van der Waals surface area (Å²) in [5.74, 6) is 0. The smallest absolute Gasteiger partial charge is 0.115 e. The lowest BCUT2D eigenvalue weighted by Crippen LogP contribution is -2.02. The van der Waals surface area contributed by atoms with Gasteiger partial charge in [0.2, 0.25) is 0 Å². The van der Waals surface area contributed by atoms with Crippen molar-refractivity contribution in [3.8, 4) is 0 Å². The number of alkyl halides is 1. The molecule has 108 valence electrons. The van der Waals surface area contributed by atoms with E-state index in [1.807, 2.05) is 29.8 Å². The summed E-state index contributed by atoms with van der Waals surface area (Å²) >= 11 is 12.1. The van der Waals surface area contributed by atoms with Crippen LogP contribution in [0.25, 0.3) is 10.9 Å². The van der Waals surface area contributed by atoms with E-state index in [4.69, 9.17) is 23.2 Å². The molecule has 0 unspecified atom stereocenters. The molecule has 0 aliphatic rings. The number of aromatic nitrogens is 2. The number of rotatable bonds is 3. The third-order valence-corrected chi connectivity index (χ3v) is 4.08. The number of nitrogens with zero attached hydrogens (tertiary/aromatic N) is 2. The zero-order valence-corrected chi connectivity index (χ0v) is 12.9. The van der Waals surface area contributed by atoms with E-state index in [0.717, 1.165) is 22.2 Å². The maximum Gasteiger partial charge on any atom is 0.115 e. The van der Waals surface area contributed by atoms with E-state index < -0.39 is 6.67 Å². The minimum atomic E-state index is -0.484. The SMILES string of the molecule is Cc1nn(Cc2ccc(Cl)cc2Cl)c2cc(CF)ccc12. The lowest BCUT2D eigenvalue weighted by Gasteiger charge is -2.07. The van der Waals surface area contributed by atoms with Crippen molar-refractivity contribution in [2.24, 2.45) is 0 Å². The molecule has 0 fully saturated rings. The zero-order chi connectivity index (χ0) is 15.0. The van der Waals surface area contributed by atoms with Crippen molar-refractivity contribution < 1.29 is 4.39 Å². The quantitative estimate of drug-likeness (QED) is 0.650. The minimum Gasteiger partial charge on any atom is -0.260 e. The summed E-state index contributed by atoms with van der Waals surface area (Å²) in [6.07, 6.45) is 0. The second-order valence-electron chi connectivity index (χ2n) is 4.96. The number of aryl methyl sites for hydroxylation is 1. The molecule has 3 rings (SSSR count). The molecule has 0 radical (unpaired) electrons. The largest absolute Gasteiger partial charge is 0.260 e. The molecule has 0 atom stereocenters. The zero-order valence-electron chi connectivity index (χ0n) is 11.4. The summed E-state index contributed by atoms with van der Waals surface area (Å²) in [6.45, 7) is 1.98. The summed E-state index contributed by atoms with van der Waals surface area (Å²) in [5, 5.41) is 6.76. The molecule has 0 saturated heterocycles. The van der Waals surface area contributed by atoms with Crippen LogP contribution in [0.15, 0.2) is 36.4 Å². The molecular formula is C16H13Cl2FN2. The van der Waals surface area contributed by atoms with Gasteiger partial charge in [-0.3, -0.25) is 4.68 Å². The highest BCUT2D eigenvalue weighted by Crippen LogP contribution is 2.25. The van der Waals surface area contributed by atoms with E-state index in [-0.39, 0.29) is 0 Å². The Kier molecular flexibility index (Phi) is 3.87. The molecule has 0 aliphatic heterocycles. The van der Waals surface area contributed by atoms with Crippen molar-refractivity contribution in [1.29, 1.82) is 0 Å². The molecular weight excluding hydrogens is 310 g/mol. The molecule has 1 aromatic heterocycles. The molecule has 5 heteroatoms. The van der Waals surface area contributed by atoms with Crippen molar-refractivity contribution >= 4 is 34.1 Å². The van der Waals surface area contributed by atoms with Crippen LogP contribution in [-0.4, -0.2) is 9.78 Å². The highest BCUT2D eigenvalue weighted by molar-refractivity contribution is 6.35. The van der Waals surface area contributed by atoms with Gasteiger partial charge in [-0.2, -0.15) is 5.10 Å². The summed E-state index contributed by atoms with van der Waals surface area (Å²) < 4.78 is 14.7. The third kappa shape index (κ3) is 2.76. The van der Waals surface area contributed by atoms with Gasteiger partial charge in [-0.1, -0.05) is 41.4 Å². The predicted molar refractivity (Wildman–Crippen MR) is 84.8 cm³/mol. The van der Waals surface area contributed by atoms with Crippen LogP contribution in [0.3, 0.4) is 0 Å². The Morgan fingerprint density at radius 2 is 1.95 bits per heavy atom. The average molecular weight is 323 g/mol.